The first-order valence-electron chi connectivity index (χ1n) is 6.26. The van der Waals surface area contributed by atoms with Crippen LogP contribution in [0.15, 0.2) is 18.2 Å². The van der Waals surface area contributed by atoms with Gasteiger partial charge in [-0.05, 0) is 18.2 Å². The summed E-state index contributed by atoms with van der Waals surface area (Å²) in [5.41, 5.74) is 2.86. The van der Waals surface area contributed by atoms with Crippen LogP contribution in [-0.4, -0.2) is 23.5 Å². The van der Waals surface area contributed by atoms with Crippen molar-refractivity contribution >= 4 is 25.6 Å². The molecular formula is C12H14BF4O3SSi-. The highest BCUT2D eigenvalue weighted by molar-refractivity contribution is 7.81. The molecule has 22 heavy (non-hydrogen) atoms. The van der Waals surface area contributed by atoms with E-state index in [9.17, 15) is 25.3 Å². The first kappa shape index (κ1) is 18.6. The lowest BCUT2D eigenvalue weighted by molar-refractivity contribution is 0.440. The average molecular weight is 353 g/mol. The Morgan fingerprint density at radius 1 is 1.18 bits per heavy atom. The molecule has 1 aromatic rings. The Bertz CT molecular complexity index is 715. The van der Waals surface area contributed by atoms with Gasteiger partial charge in [0.15, 0.2) is 0 Å². The van der Waals surface area contributed by atoms with Crippen LogP contribution in [0, 0.1) is 11.5 Å². The van der Waals surface area contributed by atoms with Crippen molar-refractivity contribution in [3.8, 4) is 17.2 Å². The highest BCUT2D eigenvalue weighted by atomic mass is 32.3. The molecule has 10 heteroatoms. The Morgan fingerprint density at radius 3 is 2.23 bits per heavy atom. The summed E-state index contributed by atoms with van der Waals surface area (Å²) < 4.78 is 75.1. The van der Waals surface area contributed by atoms with Gasteiger partial charge >= 0.3 is 17.5 Å². The fraction of sp³-hybridized carbons (Fsp3) is 0.333. The van der Waals surface area contributed by atoms with Gasteiger partial charge in [0.1, 0.15) is 13.8 Å². The van der Waals surface area contributed by atoms with Gasteiger partial charge in [0.2, 0.25) is 0 Å². The zero-order valence-corrected chi connectivity index (χ0v) is 14.0. The Kier molecular flexibility index (Phi) is 5.35. The number of hydrogen-bond acceptors (Lipinski definition) is 3. The second-order valence-corrected chi connectivity index (χ2v) is 11.5. The smallest absolute Gasteiger partial charge is 0.449 e. The molecule has 0 heterocycles. The molecule has 0 atom stereocenters. The Balaban J connectivity index is 3.28. The van der Waals surface area contributed by atoms with Crippen molar-refractivity contribution in [2.24, 2.45) is 0 Å². The van der Waals surface area contributed by atoms with E-state index in [4.69, 9.17) is 0 Å². The molecule has 0 N–H and O–H groups in total. The molecule has 0 unspecified atom stereocenters. The van der Waals surface area contributed by atoms with E-state index in [2.05, 4.69) is 15.6 Å². The molecule has 0 aliphatic rings. The fourth-order valence-electron chi connectivity index (χ4n) is 1.54. The maximum Gasteiger partial charge on any atom is 0.488 e. The van der Waals surface area contributed by atoms with Crippen LogP contribution in [0.25, 0.3) is 0 Å². The zero-order valence-electron chi connectivity index (χ0n) is 12.2. The first-order chi connectivity index (χ1) is 9.73. The second kappa shape index (κ2) is 6.34. The highest BCUT2D eigenvalue weighted by Gasteiger charge is 2.24. The number of rotatable bonds is 4. The summed E-state index contributed by atoms with van der Waals surface area (Å²) in [6.45, 7) is 0.686. The van der Waals surface area contributed by atoms with Gasteiger partial charge in [-0.2, -0.15) is 8.42 Å². The summed E-state index contributed by atoms with van der Waals surface area (Å²) in [6, 6.07) is 3.13. The maximum absolute atomic E-state index is 12.6. The second-order valence-electron chi connectivity index (χ2n) is 5.76. The third-order valence-corrected chi connectivity index (χ3v) is 3.48. The Morgan fingerprint density at radius 2 is 1.77 bits per heavy atom. The van der Waals surface area contributed by atoms with Crippen molar-refractivity contribution in [3.63, 3.8) is 0 Å². The molecular weight excluding hydrogens is 339 g/mol. The molecule has 0 radical (unpaired) electrons. The molecule has 0 spiro atoms. The van der Waals surface area contributed by atoms with Gasteiger partial charge in [-0.3, -0.25) is 0 Å². The third kappa shape index (κ3) is 8.09. The molecule has 0 saturated carbocycles. The lowest BCUT2D eigenvalue weighted by Gasteiger charge is -2.14. The van der Waals surface area contributed by atoms with Gasteiger partial charge in [-0.25, -0.2) is 0 Å². The van der Waals surface area contributed by atoms with Gasteiger partial charge in [-0.1, -0.05) is 41.3 Å². The zero-order chi connectivity index (χ0) is 17.2. The minimum atomic E-state index is -5.31. The molecule has 0 aliphatic carbocycles. The summed E-state index contributed by atoms with van der Waals surface area (Å²) in [6.07, 6.45) is -1.23. The topological polar surface area (TPSA) is 43.4 Å². The highest BCUT2D eigenvalue weighted by Crippen LogP contribution is 2.23. The number of hydrogen-bond donors (Lipinski definition) is 0. The van der Waals surface area contributed by atoms with Gasteiger partial charge < -0.3 is 17.1 Å². The minimum Gasteiger partial charge on any atom is -0.449 e. The predicted octanol–water partition coefficient (Wildman–Crippen LogP) is 3.44. The number of halogens is 4. The van der Waals surface area contributed by atoms with E-state index in [-0.39, 0.29) is 11.1 Å². The molecule has 0 bridgehead atoms. The van der Waals surface area contributed by atoms with Gasteiger partial charge in [0.25, 0.3) is 0 Å². The molecule has 3 nitrogen and oxygen atoms in total. The van der Waals surface area contributed by atoms with Crippen molar-refractivity contribution in [1.82, 2.24) is 0 Å². The summed E-state index contributed by atoms with van der Waals surface area (Å²) in [7, 11) is -7.09. The molecule has 0 amide bonds. The van der Waals surface area contributed by atoms with Crippen LogP contribution in [0.5, 0.6) is 5.75 Å². The van der Waals surface area contributed by atoms with Crippen molar-refractivity contribution in [2.75, 3.05) is 0 Å². The van der Waals surface area contributed by atoms with Crippen molar-refractivity contribution in [1.29, 1.82) is 0 Å². The van der Waals surface area contributed by atoms with Crippen LogP contribution < -0.4 is 4.18 Å². The van der Waals surface area contributed by atoms with Crippen LogP contribution in [0.2, 0.25) is 19.6 Å². The van der Waals surface area contributed by atoms with Crippen molar-refractivity contribution < 1.29 is 29.4 Å². The van der Waals surface area contributed by atoms with Crippen LogP contribution in [0.1, 0.15) is 11.1 Å². The van der Waals surface area contributed by atoms with Gasteiger partial charge in [0, 0.05) is 5.56 Å². The lowest BCUT2D eigenvalue weighted by atomic mass is 9.81. The minimum absolute atomic E-state index is 0.152. The summed E-state index contributed by atoms with van der Waals surface area (Å²) >= 11 is 0. The monoisotopic (exact) mass is 353 g/mol. The van der Waals surface area contributed by atoms with Crippen LogP contribution in [0.4, 0.5) is 16.8 Å². The third-order valence-electron chi connectivity index (χ3n) is 2.21. The largest absolute Gasteiger partial charge is 0.488 e. The van der Waals surface area contributed by atoms with Crippen molar-refractivity contribution in [3.05, 3.63) is 29.3 Å². The first-order valence-corrected chi connectivity index (χ1v) is 11.1. The SMILES string of the molecule is C[Si](C)(C)C#Cc1cc(C[B-](F)(F)F)cc(OS(=O)(=O)F)c1. The normalized spacial score (nSPS) is 12.5. The molecule has 1 rings (SSSR count). The number of benzene rings is 1. The summed E-state index contributed by atoms with van der Waals surface area (Å²) in [5, 5.41) is 0. The molecule has 0 saturated heterocycles. The van der Waals surface area contributed by atoms with E-state index < -0.39 is 37.6 Å². The summed E-state index contributed by atoms with van der Waals surface area (Å²) in [5.74, 6) is 2.16. The molecule has 1 aromatic carbocycles. The fourth-order valence-corrected chi connectivity index (χ4v) is 2.39. The standard InChI is InChI=1S/C12H14BF4O3SSi/c1-22(2,3)5-4-10-6-11(9-13(14,15)16)8-12(7-10)20-21(17,18)19/h6-8H,9H2,1-3H3/q-1. The van der Waals surface area contributed by atoms with Crippen LogP contribution in [-0.2, 0) is 16.8 Å². The van der Waals surface area contributed by atoms with Gasteiger partial charge in [0.05, 0.1) is 0 Å². The molecule has 122 valence electrons. The van der Waals surface area contributed by atoms with E-state index in [1.54, 1.807) is 0 Å². The van der Waals surface area contributed by atoms with E-state index in [0.29, 0.717) is 0 Å². The Hall–Kier alpha value is -1.47. The van der Waals surface area contributed by atoms with E-state index in [0.717, 1.165) is 12.1 Å². The summed E-state index contributed by atoms with van der Waals surface area (Å²) in [4.78, 5) is 0. The average Bonchev–Trinajstić information content (AvgIpc) is 2.20. The lowest BCUT2D eigenvalue weighted by Crippen LogP contribution is -2.19. The van der Waals surface area contributed by atoms with Crippen LogP contribution >= 0.6 is 0 Å². The molecule has 0 aliphatic heterocycles. The Labute approximate surface area is 128 Å². The molecule has 0 aromatic heterocycles. The maximum atomic E-state index is 12.6. The van der Waals surface area contributed by atoms with Crippen LogP contribution in [0.3, 0.4) is 0 Å². The quantitative estimate of drug-likeness (QED) is 0.361. The van der Waals surface area contributed by atoms with Gasteiger partial charge in [-0.15, -0.1) is 5.54 Å². The van der Waals surface area contributed by atoms with Crippen molar-refractivity contribution in [2.45, 2.75) is 26.0 Å². The van der Waals surface area contributed by atoms with E-state index >= 15 is 0 Å². The van der Waals surface area contributed by atoms with E-state index in [1.165, 1.54) is 6.07 Å². The van der Waals surface area contributed by atoms with E-state index in [1.807, 2.05) is 19.6 Å². The molecule has 0 fully saturated rings. The predicted molar refractivity (Wildman–Crippen MR) is 80.1 cm³/mol.